The van der Waals surface area contributed by atoms with Gasteiger partial charge in [0.25, 0.3) is 0 Å². The molecule has 0 atom stereocenters. The summed E-state index contributed by atoms with van der Waals surface area (Å²) in [7, 11) is 1.83. The van der Waals surface area contributed by atoms with Gasteiger partial charge in [0.2, 0.25) is 11.7 Å². The summed E-state index contributed by atoms with van der Waals surface area (Å²) in [5.41, 5.74) is 1.38. The highest BCUT2D eigenvalue weighted by Gasteiger charge is 2.28. The third kappa shape index (κ3) is 3.92. The third-order valence-electron chi connectivity index (χ3n) is 5.36. The molecule has 1 aliphatic carbocycles. The minimum Gasteiger partial charge on any atom is -0.358 e. The Kier molecular flexibility index (Phi) is 5.35. The van der Waals surface area contributed by atoms with Crippen molar-refractivity contribution in [1.82, 2.24) is 14.5 Å². The van der Waals surface area contributed by atoms with Crippen LogP contribution in [0.2, 0.25) is 0 Å². The molecule has 1 aromatic heterocycles. The summed E-state index contributed by atoms with van der Waals surface area (Å²) in [6, 6.07) is 10.8. The Balaban J connectivity index is 1.57. The number of aromatic nitrogens is 2. The number of nitro groups is 1. The van der Waals surface area contributed by atoms with Gasteiger partial charge in [0, 0.05) is 20.0 Å². The minimum absolute atomic E-state index is 0.0384. The highest BCUT2D eigenvalue weighted by Crippen LogP contribution is 2.34. The maximum Gasteiger partial charge on any atom is 0.381 e. The first-order valence-corrected chi connectivity index (χ1v) is 8.94. The predicted octanol–water partition coefficient (Wildman–Crippen LogP) is 3.28. The van der Waals surface area contributed by atoms with E-state index in [1.807, 2.05) is 13.1 Å². The predicted molar refractivity (Wildman–Crippen MR) is 97.8 cm³/mol. The van der Waals surface area contributed by atoms with Gasteiger partial charge in [0.15, 0.2) is 0 Å². The van der Waals surface area contributed by atoms with Crippen molar-refractivity contribution in [2.45, 2.75) is 51.1 Å². The quantitative estimate of drug-likeness (QED) is 0.608. The molecule has 1 aromatic carbocycles. The molecule has 0 radical (unpaired) electrons. The Morgan fingerprint density at radius 1 is 1.27 bits per heavy atom. The Hall–Kier alpha value is -2.70. The Labute approximate surface area is 152 Å². The molecule has 138 valence electrons. The van der Waals surface area contributed by atoms with Crippen LogP contribution in [0.3, 0.4) is 0 Å². The SMILES string of the molecule is Cc1nc([N+](=O)[O-])cn1CC(=O)N(C)C1CCC(c2ccccc2)CC1. The molecule has 0 spiro atoms. The molecule has 1 aliphatic rings. The monoisotopic (exact) mass is 356 g/mol. The highest BCUT2D eigenvalue weighted by molar-refractivity contribution is 5.76. The number of carbonyl (C=O) groups is 1. The van der Waals surface area contributed by atoms with Gasteiger partial charge in [0.1, 0.15) is 12.7 Å². The normalized spacial score (nSPS) is 19.9. The van der Waals surface area contributed by atoms with E-state index in [-0.39, 0.29) is 24.3 Å². The lowest BCUT2D eigenvalue weighted by Crippen LogP contribution is -2.41. The zero-order chi connectivity index (χ0) is 18.7. The van der Waals surface area contributed by atoms with Crippen LogP contribution in [0, 0.1) is 17.0 Å². The number of likely N-dealkylation sites (N-methyl/N-ethyl adjacent to an activating group) is 1. The van der Waals surface area contributed by atoms with Crippen LogP contribution in [0.5, 0.6) is 0 Å². The molecule has 3 rings (SSSR count). The molecule has 7 nitrogen and oxygen atoms in total. The fourth-order valence-electron chi connectivity index (χ4n) is 3.72. The fraction of sp³-hybridized carbons (Fsp3) is 0.474. The van der Waals surface area contributed by atoms with E-state index in [2.05, 4.69) is 29.2 Å². The second kappa shape index (κ2) is 7.68. The summed E-state index contributed by atoms with van der Waals surface area (Å²) in [6.07, 6.45) is 5.42. The molecule has 0 N–H and O–H groups in total. The van der Waals surface area contributed by atoms with Gasteiger partial charge in [-0.15, -0.1) is 0 Å². The number of imidazole rings is 1. The zero-order valence-electron chi connectivity index (χ0n) is 15.2. The lowest BCUT2D eigenvalue weighted by atomic mass is 9.81. The first-order valence-electron chi connectivity index (χ1n) is 8.94. The van der Waals surface area contributed by atoms with Crippen molar-refractivity contribution in [3.63, 3.8) is 0 Å². The summed E-state index contributed by atoms with van der Waals surface area (Å²) in [6.45, 7) is 1.76. The van der Waals surface area contributed by atoms with E-state index in [4.69, 9.17) is 0 Å². The topological polar surface area (TPSA) is 81.3 Å². The zero-order valence-corrected chi connectivity index (χ0v) is 15.2. The van der Waals surface area contributed by atoms with E-state index >= 15 is 0 Å². The molecule has 26 heavy (non-hydrogen) atoms. The molecule has 1 fully saturated rings. The van der Waals surface area contributed by atoms with Crippen molar-refractivity contribution < 1.29 is 9.72 Å². The molecule has 7 heteroatoms. The number of carbonyl (C=O) groups excluding carboxylic acids is 1. The number of amides is 1. The molecule has 1 saturated carbocycles. The highest BCUT2D eigenvalue weighted by atomic mass is 16.6. The second-order valence-corrected chi connectivity index (χ2v) is 6.95. The van der Waals surface area contributed by atoms with Crippen LogP contribution in [0.4, 0.5) is 5.82 Å². The van der Waals surface area contributed by atoms with E-state index < -0.39 is 4.92 Å². The summed E-state index contributed by atoms with van der Waals surface area (Å²) in [5.74, 6) is 0.783. The average Bonchev–Trinajstić information content (AvgIpc) is 3.03. The molecule has 1 heterocycles. The number of hydrogen-bond donors (Lipinski definition) is 0. The van der Waals surface area contributed by atoms with Gasteiger partial charge in [-0.3, -0.25) is 9.36 Å². The summed E-state index contributed by atoms with van der Waals surface area (Å²) in [4.78, 5) is 28.5. The van der Waals surface area contributed by atoms with E-state index in [0.29, 0.717) is 11.7 Å². The second-order valence-electron chi connectivity index (χ2n) is 6.95. The summed E-state index contributed by atoms with van der Waals surface area (Å²) in [5, 5.41) is 10.8. The van der Waals surface area contributed by atoms with E-state index in [1.165, 1.54) is 11.8 Å². The fourth-order valence-corrected chi connectivity index (χ4v) is 3.72. The van der Waals surface area contributed by atoms with Crippen LogP contribution < -0.4 is 0 Å². The standard InChI is InChI=1S/C19H24N4O3/c1-14-20-18(23(25)26)12-22(14)13-19(24)21(2)17-10-8-16(9-11-17)15-6-4-3-5-7-15/h3-7,12,16-17H,8-11,13H2,1-2H3. The smallest absolute Gasteiger partial charge is 0.358 e. The first kappa shape index (κ1) is 18.1. The third-order valence-corrected chi connectivity index (χ3v) is 5.36. The van der Waals surface area contributed by atoms with Crippen molar-refractivity contribution in [3.8, 4) is 0 Å². The number of aryl methyl sites for hydroxylation is 1. The van der Waals surface area contributed by atoms with Crippen molar-refractivity contribution in [3.05, 3.63) is 58.0 Å². The van der Waals surface area contributed by atoms with E-state index in [9.17, 15) is 14.9 Å². The maximum absolute atomic E-state index is 12.6. The molecule has 1 amide bonds. The van der Waals surface area contributed by atoms with Crippen molar-refractivity contribution in [1.29, 1.82) is 0 Å². The van der Waals surface area contributed by atoms with E-state index in [1.54, 1.807) is 16.4 Å². The molecule has 0 aliphatic heterocycles. The molecule has 0 unspecified atom stereocenters. The number of rotatable bonds is 5. The van der Waals surface area contributed by atoms with Crippen LogP contribution in [0.25, 0.3) is 0 Å². The van der Waals surface area contributed by atoms with Gasteiger partial charge < -0.3 is 15.0 Å². The van der Waals surface area contributed by atoms with Gasteiger partial charge in [-0.2, -0.15) is 0 Å². The van der Waals surface area contributed by atoms with Crippen LogP contribution >= 0.6 is 0 Å². The molecule has 0 saturated heterocycles. The van der Waals surface area contributed by atoms with E-state index in [0.717, 1.165) is 25.7 Å². The van der Waals surface area contributed by atoms with Crippen molar-refractivity contribution in [2.24, 2.45) is 0 Å². The molecule has 0 bridgehead atoms. The number of hydrogen-bond acceptors (Lipinski definition) is 4. The number of benzene rings is 1. The molecule has 2 aromatic rings. The maximum atomic E-state index is 12.6. The van der Waals surface area contributed by atoms with Crippen LogP contribution in [0.15, 0.2) is 36.5 Å². The Morgan fingerprint density at radius 2 is 1.92 bits per heavy atom. The number of nitrogens with zero attached hydrogens (tertiary/aromatic N) is 4. The average molecular weight is 356 g/mol. The Bertz CT molecular complexity index is 779. The lowest BCUT2D eigenvalue weighted by molar-refractivity contribution is -0.389. The van der Waals surface area contributed by atoms with Gasteiger partial charge in [0.05, 0.1) is 0 Å². The van der Waals surface area contributed by atoms with Crippen LogP contribution in [-0.2, 0) is 11.3 Å². The van der Waals surface area contributed by atoms with Crippen molar-refractivity contribution >= 4 is 11.7 Å². The Morgan fingerprint density at radius 3 is 2.50 bits per heavy atom. The van der Waals surface area contributed by atoms with Gasteiger partial charge >= 0.3 is 5.82 Å². The first-order chi connectivity index (χ1) is 12.5. The van der Waals surface area contributed by atoms with Crippen LogP contribution in [0.1, 0.15) is 43.0 Å². The van der Waals surface area contributed by atoms with Gasteiger partial charge in [-0.1, -0.05) is 30.3 Å². The van der Waals surface area contributed by atoms with Gasteiger partial charge in [-0.25, -0.2) is 0 Å². The minimum atomic E-state index is -0.539. The molecular formula is C19H24N4O3. The summed E-state index contributed by atoms with van der Waals surface area (Å²) < 4.78 is 1.55. The van der Waals surface area contributed by atoms with Crippen LogP contribution in [-0.4, -0.2) is 38.4 Å². The molecular weight excluding hydrogens is 332 g/mol. The lowest BCUT2D eigenvalue weighted by Gasteiger charge is -2.35. The summed E-state index contributed by atoms with van der Waals surface area (Å²) >= 11 is 0. The van der Waals surface area contributed by atoms with Gasteiger partial charge in [-0.05, 0) is 47.1 Å². The largest absolute Gasteiger partial charge is 0.381 e. The van der Waals surface area contributed by atoms with Crippen molar-refractivity contribution in [2.75, 3.05) is 7.05 Å².